The monoisotopic (exact) mass is 400 g/mol. The van der Waals surface area contributed by atoms with Crippen LogP contribution in [-0.2, 0) is 16.0 Å². The Balaban J connectivity index is 1.90. The van der Waals surface area contributed by atoms with Gasteiger partial charge in [-0.1, -0.05) is 44.2 Å². The third kappa shape index (κ3) is 4.39. The summed E-state index contributed by atoms with van der Waals surface area (Å²) in [6.45, 7) is 4.09. The Morgan fingerprint density at radius 3 is 2.61 bits per heavy atom. The van der Waals surface area contributed by atoms with Crippen LogP contribution in [0.5, 0.6) is 0 Å². The number of ether oxygens (including phenoxy) is 1. The van der Waals surface area contributed by atoms with Gasteiger partial charge in [-0.15, -0.1) is 16.4 Å². The van der Waals surface area contributed by atoms with E-state index in [2.05, 4.69) is 25.8 Å². The zero-order chi connectivity index (χ0) is 20.1. The van der Waals surface area contributed by atoms with Crippen molar-refractivity contribution in [3.8, 4) is 0 Å². The number of nitrogens with one attached hydrogen (secondary N) is 1. The van der Waals surface area contributed by atoms with Crippen LogP contribution in [0.25, 0.3) is 0 Å². The fraction of sp³-hybridized carbons (Fsp3) is 0.333. The Morgan fingerprint density at radius 1 is 1.25 bits per heavy atom. The number of amides is 1. The highest BCUT2D eigenvalue weighted by atomic mass is 32.1. The minimum absolute atomic E-state index is 0.232. The summed E-state index contributed by atoms with van der Waals surface area (Å²) < 4.78 is 6.18. The third-order valence-electron chi connectivity index (χ3n) is 3.89. The summed E-state index contributed by atoms with van der Waals surface area (Å²) in [5.74, 6) is -0.557. The fourth-order valence-electron chi connectivity index (χ4n) is 2.69. The van der Waals surface area contributed by atoms with Crippen LogP contribution in [-0.4, -0.2) is 44.2 Å². The molecule has 1 N–H and O–H groups in total. The molecule has 2 heterocycles. The van der Waals surface area contributed by atoms with Crippen molar-refractivity contribution in [1.29, 1.82) is 0 Å². The van der Waals surface area contributed by atoms with Crippen molar-refractivity contribution in [2.45, 2.75) is 26.3 Å². The number of tetrazole rings is 1. The standard InChI is InChI=1S/C18H20N6O3S/c1-11(2)9-13-14(17(26)27-3)20-18(28-13)21-16(25)15(24-10-19-22-23-24)12-7-5-4-6-8-12/h4-8,10-11,15H,9H2,1-3H3,(H,20,21,25)/t15-/m1/s1. The quantitative estimate of drug-likeness (QED) is 0.606. The van der Waals surface area contributed by atoms with Gasteiger partial charge in [-0.05, 0) is 28.3 Å². The number of aromatic nitrogens is 5. The van der Waals surface area contributed by atoms with E-state index in [1.54, 1.807) is 0 Å². The molecule has 0 saturated heterocycles. The first kappa shape index (κ1) is 19.6. The van der Waals surface area contributed by atoms with Crippen LogP contribution >= 0.6 is 11.3 Å². The molecule has 146 valence electrons. The Labute approximate surface area is 165 Å². The highest BCUT2D eigenvalue weighted by molar-refractivity contribution is 7.16. The Morgan fingerprint density at radius 2 is 2.00 bits per heavy atom. The molecule has 9 nitrogen and oxygen atoms in total. The number of benzene rings is 1. The lowest BCUT2D eigenvalue weighted by molar-refractivity contribution is -0.118. The van der Waals surface area contributed by atoms with E-state index in [-0.39, 0.29) is 11.6 Å². The van der Waals surface area contributed by atoms with E-state index in [0.717, 1.165) is 10.4 Å². The van der Waals surface area contributed by atoms with Crippen molar-refractivity contribution < 1.29 is 14.3 Å². The van der Waals surface area contributed by atoms with E-state index in [1.165, 1.54) is 29.5 Å². The molecular weight excluding hydrogens is 380 g/mol. The minimum Gasteiger partial charge on any atom is -0.464 e. The maximum atomic E-state index is 13.0. The Kier molecular flexibility index (Phi) is 6.09. The van der Waals surface area contributed by atoms with Gasteiger partial charge in [0, 0.05) is 4.88 Å². The summed E-state index contributed by atoms with van der Waals surface area (Å²) in [5, 5.41) is 14.2. The van der Waals surface area contributed by atoms with Gasteiger partial charge in [0.1, 0.15) is 6.33 Å². The second-order valence-corrected chi connectivity index (χ2v) is 7.56. The molecule has 2 aromatic heterocycles. The molecule has 0 bridgehead atoms. The second-order valence-electron chi connectivity index (χ2n) is 6.47. The molecule has 0 aliphatic carbocycles. The number of anilines is 1. The normalized spacial score (nSPS) is 12.0. The maximum absolute atomic E-state index is 13.0. The van der Waals surface area contributed by atoms with Crippen LogP contribution in [0, 0.1) is 5.92 Å². The molecule has 0 unspecified atom stereocenters. The number of nitrogens with zero attached hydrogens (tertiary/aromatic N) is 5. The number of hydrogen-bond acceptors (Lipinski definition) is 8. The summed E-state index contributed by atoms with van der Waals surface area (Å²) in [5.41, 5.74) is 0.953. The molecule has 28 heavy (non-hydrogen) atoms. The zero-order valence-corrected chi connectivity index (χ0v) is 16.5. The number of methoxy groups -OCH3 is 1. The minimum atomic E-state index is -0.768. The number of thiazole rings is 1. The molecule has 3 rings (SSSR count). The van der Waals surface area contributed by atoms with Gasteiger partial charge in [0.05, 0.1) is 7.11 Å². The third-order valence-corrected chi connectivity index (χ3v) is 4.89. The predicted octanol–water partition coefficient (Wildman–Crippen LogP) is 2.34. The van der Waals surface area contributed by atoms with Gasteiger partial charge in [-0.3, -0.25) is 10.1 Å². The van der Waals surface area contributed by atoms with Crippen LogP contribution in [0.4, 0.5) is 5.13 Å². The second kappa shape index (κ2) is 8.70. The Bertz CT molecular complexity index is 940. The zero-order valence-electron chi connectivity index (χ0n) is 15.7. The number of hydrogen-bond donors (Lipinski definition) is 1. The molecule has 1 amide bonds. The Hall–Kier alpha value is -3.14. The molecule has 0 saturated carbocycles. The van der Waals surface area contributed by atoms with Crippen LogP contribution < -0.4 is 5.32 Å². The van der Waals surface area contributed by atoms with Crippen LogP contribution in [0.2, 0.25) is 0 Å². The van der Waals surface area contributed by atoms with E-state index in [1.807, 2.05) is 44.2 Å². The number of esters is 1. The van der Waals surface area contributed by atoms with Gasteiger partial charge in [0.2, 0.25) is 0 Å². The number of rotatable bonds is 7. The van der Waals surface area contributed by atoms with Gasteiger partial charge in [0.15, 0.2) is 16.9 Å². The molecular formula is C18H20N6O3S. The molecule has 1 atom stereocenters. The van der Waals surface area contributed by atoms with Crippen LogP contribution in [0.1, 0.15) is 40.8 Å². The molecule has 0 fully saturated rings. The van der Waals surface area contributed by atoms with Crippen LogP contribution in [0.15, 0.2) is 36.7 Å². The molecule has 0 aliphatic rings. The highest BCUT2D eigenvalue weighted by Gasteiger charge is 2.26. The van der Waals surface area contributed by atoms with E-state index >= 15 is 0 Å². The summed E-state index contributed by atoms with van der Waals surface area (Å²) >= 11 is 1.26. The van der Waals surface area contributed by atoms with E-state index in [0.29, 0.717) is 17.5 Å². The lowest BCUT2D eigenvalue weighted by atomic mass is 10.1. The average molecular weight is 400 g/mol. The first-order valence-corrected chi connectivity index (χ1v) is 9.47. The fourth-order valence-corrected chi connectivity index (χ4v) is 3.85. The first-order valence-electron chi connectivity index (χ1n) is 8.66. The summed E-state index contributed by atoms with van der Waals surface area (Å²) in [7, 11) is 1.31. The first-order chi connectivity index (χ1) is 13.5. The van der Waals surface area contributed by atoms with Crippen molar-refractivity contribution in [3.63, 3.8) is 0 Å². The smallest absolute Gasteiger partial charge is 0.357 e. The lowest BCUT2D eigenvalue weighted by Crippen LogP contribution is -2.27. The van der Waals surface area contributed by atoms with Crippen molar-refractivity contribution in [2.75, 3.05) is 12.4 Å². The van der Waals surface area contributed by atoms with Crippen molar-refractivity contribution in [1.82, 2.24) is 25.2 Å². The van der Waals surface area contributed by atoms with Gasteiger partial charge in [-0.25, -0.2) is 14.5 Å². The van der Waals surface area contributed by atoms with Gasteiger partial charge < -0.3 is 4.74 Å². The molecule has 1 aromatic carbocycles. The largest absolute Gasteiger partial charge is 0.464 e. The molecule has 0 spiro atoms. The van der Waals surface area contributed by atoms with Crippen molar-refractivity contribution >= 4 is 28.3 Å². The molecule has 0 aliphatic heterocycles. The lowest BCUT2D eigenvalue weighted by Gasteiger charge is -2.15. The number of carbonyl (C=O) groups excluding carboxylic acids is 2. The number of carbonyl (C=O) groups is 2. The maximum Gasteiger partial charge on any atom is 0.357 e. The van der Waals surface area contributed by atoms with Crippen molar-refractivity contribution in [2.24, 2.45) is 5.92 Å². The molecule has 0 radical (unpaired) electrons. The topological polar surface area (TPSA) is 112 Å². The van der Waals surface area contributed by atoms with Crippen molar-refractivity contribution in [3.05, 3.63) is 52.8 Å². The van der Waals surface area contributed by atoms with E-state index in [4.69, 9.17) is 4.74 Å². The van der Waals surface area contributed by atoms with E-state index < -0.39 is 12.0 Å². The SMILES string of the molecule is COC(=O)c1nc(NC(=O)[C@@H](c2ccccc2)n2cnnn2)sc1CC(C)C. The summed E-state index contributed by atoms with van der Waals surface area (Å²) in [6.07, 6.45) is 2.04. The van der Waals surface area contributed by atoms with E-state index in [9.17, 15) is 9.59 Å². The predicted molar refractivity (Wildman–Crippen MR) is 103 cm³/mol. The summed E-state index contributed by atoms with van der Waals surface area (Å²) in [4.78, 5) is 30.1. The van der Waals surface area contributed by atoms with Gasteiger partial charge in [0.25, 0.3) is 5.91 Å². The average Bonchev–Trinajstić information content (AvgIpc) is 3.32. The van der Waals surface area contributed by atoms with Gasteiger partial charge >= 0.3 is 5.97 Å². The summed E-state index contributed by atoms with van der Waals surface area (Å²) in [6, 6.07) is 8.39. The molecule has 10 heteroatoms. The van der Waals surface area contributed by atoms with Crippen LogP contribution in [0.3, 0.4) is 0 Å². The molecule has 3 aromatic rings. The highest BCUT2D eigenvalue weighted by Crippen LogP contribution is 2.28. The van der Waals surface area contributed by atoms with Gasteiger partial charge in [-0.2, -0.15) is 0 Å².